The number of likely N-dealkylation sites (tertiary alicyclic amines) is 3. The molecule has 0 saturated carbocycles. The maximum absolute atomic E-state index is 15.1. The Morgan fingerprint density at radius 2 is 0.742 bits per heavy atom. The largest absolute Gasteiger partial charge is 0.495 e. The maximum Gasteiger partial charge on any atom is 0.423 e. The Hall–Kier alpha value is -12.2. The van der Waals surface area contributed by atoms with Gasteiger partial charge in [-0.15, -0.1) is 0 Å². The van der Waals surface area contributed by atoms with Crippen molar-refractivity contribution < 1.29 is 99.3 Å². The molecule has 0 aliphatic carbocycles. The van der Waals surface area contributed by atoms with Crippen molar-refractivity contribution in [1.29, 1.82) is 0 Å². The van der Waals surface area contributed by atoms with E-state index in [0.717, 1.165) is 83.9 Å². The van der Waals surface area contributed by atoms with Gasteiger partial charge >= 0.3 is 18.5 Å². The molecule has 3 aromatic heterocycles. The van der Waals surface area contributed by atoms with E-state index in [4.69, 9.17) is 28.4 Å². The maximum atomic E-state index is 15.1. The van der Waals surface area contributed by atoms with E-state index in [9.17, 15) is 66.5 Å². The molecule has 0 spiro atoms. The van der Waals surface area contributed by atoms with E-state index >= 15 is 4.39 Å². The van der Waals surface area contributed by atoms with E-state index in [1.54, 1.807) is 73.7 Å². The highest BCUT2D eigenvalue weighted by molar-refractivity contribution is 8.01. The average Bonchev–Trinajstić information content (AvgIpc) is 0.797. The summed E-state index contributed by atoms with van der Waals surface area (Å²) in [5.74, 6) is 6.25. The Balaban J connectivity index is 0.000000200. The molecule has 30 nitrogen and oxygen atoms in total. The van der Waals surface area contributed by atoms with Gasteiger partial charge in [-0.25, -0.2) is 32.0 Å². The number of piperidine rings is 3. The Morgan fingerprint density at radius 1 is 0.438 bits per heavy atom. The summed E-state index contributed by atoms with van der Waals surface area (Å²) in [6.45, 7) is 7.20. The molecule has 12 rings (SSSR count). The number of carbonyl (C=O) groups excluding carboxylic acids is 3. The number of carbonyl (C=O) groups is 3. The van der Waals surface area contributed by atoms with Crippen molar-refractivity contribution >= 4 is 116 Å². The zero-order valence-corrected chi connectivity index (χ0v) is 74.5. The molecule has 9 aromatic rings. The second kappa shape index (κ2) is 41.7. The molecule has 3 atom stereocenters. The van der Waals surface area contributed by atoms with Crippen LogP contribution in [0.3, 0.4) is 0 Å². The average molecular weight is 1850 g/mol. The number of para-hydroxylation sites is 6. The molecule has 128 heavy (non-hydrogen) atoms. The Labute approximate surface area is 735 Å². The van der Waals surface area contributed by atoms with Crippen LogP contribution < -0.4 is 73.2 Å². The number of hydrogen-bond donors (Lipinski definition) is 6. The van der Waals surface area contributed by atoms with Crippen LogP contribution >= 0.6 is 0 Å². The zero-order valence-electron chi connectivity index (χ0n) is 72.1. The lowest BCUT2D eigenvalue weighted by atomic mass is 10.0. The van der Waals surface area contributed by atoms with Crippen molar-refractivity contribution in [2.75, 3.05) is 150 Å². The van der Waals surface area contributed by atoms with Crippen molar-refractivity contribution in [3.05, 3.63) is 179 Å². The highest BCUT2D eigenvalue weighted by atomic mass is 32.2. The third kappa shape index (κ3) is 26.0. The third-order valence-corrected chi connectivity index (χ3v) is 24.7. The second-order valence-electron chi connectivity index (χ2n) is 30.4. The molecule has 0 radical (unpaired) electrons. The number of benzene rings is 6. The van der Waals surface area contributed by atoms with Crippen LogP contribution in [0.2, 0.25) is 0 Å². The Morgan fingerprint density at radius 3 is 1.05 bits per heavy atom. The minimum absolute atomic E-state index is 0.00840. The lowest BCUT2D eigenvalue weighted by molar-refractivity contribution is -0.140. The summed E-state index contributed by atoms with van der Waals surface area (Å²) in [5, 5.41) is 17.3. The normalized spacial score (nSPS) is 15.8. The lowest BCUT2D eigenvalue weighted by Gasteiger charge is -2.29. The molecule has 6 N–H and O–H groups in total. The molecule has 6 heterocycles. The number of anilines is 9. The summed E-state index contributed by atoms with van der Waals surface area (Å²) in [6.07, 6.45) is -3.73. The van der Waals surface area contributed by atoms with Crippen molar-refractivity contribution in [3.63, 3.8) is 0 Å². The van der Waals surface area contributed by atoms with Gasteiger partial charge in [-0.1, -0.05) is 36.4 Å². The molecule has 3 fully saturated rings. The minimum atomic E-state index is -4.88. The van der Waals surface area contributed by atoms with E-state index in [1.807, 2.05) is 21.1 Å². The number of methoxy groups -OCH3 is 3. The molecule has 690 valence electrons. The van der Waals surface area contributed by atoms with Gasteiger partial charge in [0.1, 0.15) is 39.8 Å². The van der Waals surface area contributed by atoms with Gasteiger partial charge in [-0.3, -0.25) is 27.3 Å². The van der Waals surface area contributed by atoms with Crippen LogP contribution in [0, 0.1) is 5.82 Å². The first kappa shape index (κ1) is 98.0. The minimum Gasteiger partial charge on any atom is -0.495 e. The predicted molar refractivity (Wildman–Crippen MR) is 477 cm³/mol. The molecule has 3 aliphatic rings. The van der Waals surface area contributed by atoms with Crippen LogP contribution in [-0.2, 0) is 47.7 Å². The van der Waals surface area contributed by atoms with Crippen LogP contribution in [0.4, 0.5) is 95.9 Å². The van der Waals surface area contributed by atoms with Gasteiger partial charge in [0.2, 0.25) is 35.5 Å². The van der Waals surface area contributed by atoms with Gasteiger partial charge < -0.3 is 75.0 Å². The summed E-state index contributed by atoms with van der Waals surface area (Å²) < 4.78 is 215. The zero-order chi connectivity index (χ0) is 93.5. The van der Waals surface area contributed by atoms with E-state index in [1.165, 1.54) is 116 Å². The van der Waals surface area contributed by atoms with Gasteiger partial charge in [0.25, 0.3) is 17.7 Å². The summed E-state index contributed by atoms with van der Waals surface area (Å²) in [6, 6.07) is 30.0. The number of halogens is 10. The first-order valence-electron chi connectivity index (χ1n) is 39.6. The van der Waals surface area contributed by atoms with E-state index in [0.29, 0.717) is 46.8 Å². The summed E-state index contributed by atoms with van der Waals surface area (Å²) in [5.41, 5.74) is -1.82. The Kier molecular flexibility index (Phi) is 31.9. The van der Waals surface area contributed by atoms with Gasteiger partial charge in [-0.05, 0) is 202 Å². The van der Waals surface area contributed by atoms with Crippen LogP contribution in [0.15, 0.2) is 140 Å². The third-order valence-electron chi connectivity index (χ3n) is 20.6. The smallest absolute Gasteiger partial charge is 0.423 e. The fourth-order valence-corrected chi connectivity index (χ4v) is 15.6. The number of amides is 3. The molecule has 3 saturated heterocycles. The van der Waals surface area contributed by atoms with Crippen LogP contribution in [0.5, 0.6) is 52.1 Å². The standard InChI is InChI=1S/C29H35F3N6O4S.C28H32F4N6O4S.C28H33F3N6O4S/c1-6-38(43(4,5)40)23-9-7-8-10-24(23)42-27-21(29(30,31)32)18-33-28(36-27)35-22-12-11-19(17-25(22)41-3)26(39)34-20-13-15-37(2)16-14-20;1-37-12-10-17(11-13-37)34-25(39)18-14-24(41-3)21(15-20(18)29)35-27-33-16-19(28(30,31)32)26(36-27)42-23-9-7-6-8-22(23)38(2)43(4,5)40;1-36-14-12-19(13-15-36)33-25(38)18-10-11-21(24(16-18)40-3)34-27-32-17-20(28(29,30)31)26(35-27)41-23-9-7-6-8-22(23)37(2)42(4,5)39/h7-12,17-18,20H,4,6,13-16H2,1-3,5H3,(H,34,39)(H,33,35,36);6-9,14-17H,4,10-13H2,1-3,5H3,(H,34,39)(H,33,35,36);6-11,16-17,19H,4,12-15H2,1-3,5H3,(H,33,38)(H,32,34,35). The first-order chi connectivity index (χ1) is 60.2. The van der Waals surface area contributed by atoms with Crippen LogP contribution in [0.25, 0.3) is 0 Å². The molecule has 3 amide bonds. The van der Waals surface area contributed by atoms with Crippen molar-refractivity contribution in [2.45, 2.75) is 82.1 Å². The molecule has 3 unspecified atom stereocenters. The highest BCUT2D eigenvalue weighted by Crippen LogP contribution is 2.45. The lowest BCUT2D eigenvalue weighted by Crippen LogP contribution is -2.43. The number of alkyl halides is 9. The number of aromatic nitrogens is 6. The topological polar surface area (TPSA) is 327 Å². The van der Waals surface area contributed by atoms with E-state index in [-0.39, 0.29) is 111 Å². The fourth-order valence-electron chi connectivity index (χ4n) is 13.3. The van der Waals surface area contributed by atoms with Gasteiger partial charge in [0.15, 0.2) is 17.2 Å². The predicted octanol–water partition coefficient (Wildman–Crippen LogP) is 14.2. The number of ether oxygens (including phenoxy) is 6. The fraction of sp³-hybridized carbons (Fsp3) is 0.365. The van der Waals surface area contributed by atoms with E-state index in [2.05, 4.69) is 94.1 Å². The number of hydrogen-bond acceptors (Lipinski definition) is 24. The Bertz CT molecular complexity index is 5790. The molecule has 0 bridgehead atoms. The SMILES string of the molecule is C=S(C)(=O)N(C)c1ccccc1Oc1nc(Nc2cc(F)c(C(=O)NC3CCN(C)CC3)cc2OC)ncc1C(F)(F)F.C=S(C)(=O)N(C)c1ccccc1Oc1nc(Nc2ccc(C(=O)NC3CCN(C)CC3)cc2OC)ncc1C(F)(F)F.C=S(C)(=O)N(CC)c1ccccc1Oc1nc(Nc2ccc(C(=O)NC3CCN(C)CC3)cc2OC)ncc1C(F)(F)F. The highest BCUT2D eigenvalue weighted by Gasteiger charge is 2.41. The monoisotopic (exact) mass is 1850 g/mol. The van der Waals surface area contributed by atoms with Crippen LogP contribution in [0.1, 0.15) is 93.2 Å². The first-order valence-corrected chi connectivity index (χ1v) is 45.9. The number of nitrogens with zero attached hydrogens (tertiary/aromatic N) is 12. The van der Waals surface area contributed by atoms with Gasteiger partial charge in [0.05, 0.1) is 61.0 Å². The molecule has 3 aliphatic heterocycles. The number of nitrogens with one attached hydrogen (secondary N) is 6. The van der Waals surface area contributed by atoms with Crippen molar-refractivity contribution in [1.82, 2.24) is 60.6 Å². The summed E-state index contributed by atoms with van der Waals surface area (Å²) in [4.78, 5) is 68.4. The summed E-state index contributed by atoms with van der Waals surface area (Å²) >= 11 is 0. The van der Waals surface area contributed by atoms with Crippen LogP contribution in [-0.4, -0.2) is 232 Å². The second-order valence-corrected chi connectivity index (χ2v) is 37.7. The van der Waals surface area contributed by atoms with Gasteiger partial charge in [-0.2, -0.15) is 54.5 Å². The molecular formula is C85H100F10N18O12S3. The van der Waals surface area contributed by atoms with Gasteiger partial charge in [0, 0.05) is 122 Å². The summed E-state index contributed by atoms with van der Waals surface area (Å²) in [7, 11) is 4.84. The molecular weight excluding hydrogens is 1750 g/mol. The van der Waals surface area contributed by atoms with E-state index < -0.39 is 93.7 Å². The molecule has 43 heteroatoms. The van der Waals surface area contributed by atoms with Crippen molar-refractivity contribution in [2.24, 2.45) is 0 Å². The van der Waals surface area contributed by atoms with Crippen molar-refractivity contribution in [3.8, 4) is 52.1 Å². The molecule has 6 aromatic carbocycles. The number of rotatable bonds is 28. The quantitative estimate of drug-likeness (QED) is 0.0196.